The Morgan fingerprint density at radius 3 is 2.54 bits per heavy atom. The molecule has 2 aromatic carbocycles. The summed E-state index contributed by atoms with van der Waals surface area (Å²) < 4.78 is 44.4. The van der Waals surface area contributed by atoms with Crippen LogP contribution in [0.3, 0.4) is 0 Å². The van der Waals surface area contributed by atoms with E-state index in [0.717, 1.165) is 23.0 Å². The molecule has 2 N–H and O–H groups in total. The Labute approximate surface area is 156 Å². The lowest BCUT2D eigenvalue weighted by atomic mass is 9.98. The summed E-state index contributed by atoms with van der Waals surface area (Å²) in [5, 5.41) is 10.9. The van der Waals surface area contributed by atoms with Crippen molar-refractivity contribution in [3.05, 3.63) is 59.7 Å². The number of methoxy groups -OCH3 is 1. The van der Waals surface area contributed by atoms with Crippen LogP contribution in [-0.4, -0.2) is 28.2 Å². The highest BCUT2D eigenvalue weighted by Gasteiger charge is 2.32. The standard InChI is InChI=1S/C20H13F3N2O3/c1-28-18-17(19(26)27)16(15-8-10-4-2-3-5-13(10)24-15)12-7-6-11(20(21,22)23)9-14(12)25-18/h2-9,24H,1H3,(H,26,27). The van der Waals surface area contributed by atoms with E-state index < -0.39 is 17.7 Å². The van der Waals surface area contributed by atoms with Crippen molar-refractivity contribution < 1.29 is 27.8 Å². The number of aromatic carboxylic acids is 1. The first-order chi connectivity index (χ1) is 13.3. The fraction of sp³-hybridized carbons (Fsp3) is 0.100. The molecule has 8 heteroatoms. The summed E-state index contributed by atoms with van der Waals surface area (Å²) in [5.41, 5.74) is 0.333. The number of ether oxygens (including phenoxy) is 1. The van der Waals surface area contributed by atoms with Gasteiger partial charge in [-0.25, -0.2) is 9.78 Å². The molecule has 0 unspecified atom stereocenters. The number of aromatic nitrogens is 2. The van der Waals surface area contributed by atoms with Crippen molar-refractivity contribution in [1.82, 2.24) is 9.97 Å². The first-order valence-corrected chi connectivity index (χ1v) is 8.20. The fourth-order valence-corrected chi connectivity index (χ4v) is 3.25. The number of hydrogen-bond acceptors (Lipinski definition) is 3. The highest BCUT2D eigenvalue weighted by atomic mass is 19.4. The predicted molar refractivity (Wildman–Crippen MR) is 97.5 cm³/mol. The molecular formula is C20H13F3N2O3. The Kier molecular flexibility index (Phi) is 3.99. The van der Waals surface area contributed by atoms with Gasteiger partial charge in [0.05, 0.1) is 18.2 Å². The van der Waals surface area contributed by atoms with Crippen molar-refractivity contribution in [2.24, 2.45) is 0 Å². The molecule has 4 aromatic rings. The normalized spacial score (nSPS) is 11.9. The van der Waals surface area contributed by atoms with Crippen LogP contribution in [0.25, 0.3) is 33.1 Å². The Hall–Kier alpha value is -3.55. The number of carboxylic acid groups (broad SMARTS) is 1. The maximum Gasteiger partial charge on any atom is 0.416 e. The molecule has 5 nitrogen and oxygen atoms in total. The molecule has 0 saturated heterocycles. The average molecular weight is 386 g/mol. The SMILES string of the molecule is COc1nc2cc(C(F)(F)F)ccc2c(-c2cc3ccccc3[nH]2)c1C(=O)O. The second-order valence-corrected chi connectivity index (χ2v) is 6.18. The van der Waals surface area contributed by atoms with Crippen LogP contribution in [0, 0.1) is 0 Å². The van der Waals surface area contributed by atoms with Gasteiger partial charge in [-0.2, -0.15) is 13.2 Å². The molecule has 142 valence electrons. The van der Waals surface area contributed by atoms with E-state index in [9.17, 15) is 23.1 Å². The summed E-state index contributed by atoms with van der Waals surface area (Å²) in [4.78, 5) is 19.1. The largest absolute Gasteiger partial charge is 0.480 e. The number of nitrogens with one attached hydrogen (secondary N) is 1. The van der Waals surface area contributed by atoms with Crippen molar-refractivity contribution in [3.8, 4) is 17.1 Å². The van der Waals surface area contributed by atoms with Gasteiger partial charge < -0.3 is 14.8 Å². The van der Waals surface area contributed by atoms with Gasteiger partial charge in [-0.15, -0.1) is 0 Å². The molecule has 28 heavy (non-hydrogen) atoms. The van der Waals surface area contributed by atoms with Gasteiger partial charge in [0.1, 0.15) is 5.56 Å². The molecule has 0 aliphatic rings. The molecular weight excluding hydrogens is 373 g/mol. The van der Waals surface area contributed by atoms with Crippen LogP contribution in [0.2, 0.25) is 0 Å². The number of carboxylic acids is 1. The number of aromatic amines is 1. The zero-order valence-corrected chi connectivity index (χ0v) is 14.5. The van der Waals surface area contributed by atoms with E-state index in [4.69, 9.17) is 4.74 Å². The first kappa shape index (κ1) is 17.8. The lowest BCUT2D eigenvalue weighted by Gasteiger charge is -2.14. The third-order valence-corrected chi connectivity index (χ3v) is 4.49. The molecule has 0 aliphatic carbocycles. The number of alkyl halides is 3. The minimum atomic E-state index is -4.55. The molecule has 0 amide bonds. The highest BCUT2D eigenvalue weighted by Crippen LogP contribution is 2.39. The second-order valence-electron chi connectivity index (χ2n) is 6.18. The van der Waals surface area contributed by atoms with Gasteiger partial charge >= 0.3 is 12.1 Å². The maximum atomic E-state index is 13.1. The van der Waals surface area contributed by atoms with Gasteiger partial charge in [0, 0.05) is 27.5 Å². The second kappa shape index (κ2) is 6.26. The lowest BCUT2D eigenvalue weighted by molar-refractivity contribution is -0.137. The summed E-state index contributed by atoms with van der Waals surface area (Å²) in [6, 6.07) is 12.1. The Balaban J connectivity index is 2.11. The highest BCUT2D eigenvalue weighted by molar-refractivity contribution is 6.09. The van der Waals surface area contributed by atoms with E-state index in [1.165, 1.54) is 13.2 Å². The van der Waals surface area contributed by atoms with Gasteiger partial charge in [0.15, 0.2) is 0 Å². The minimum Gasteiger partial charge on any atom is -0.480 e. The molecule has 2 aromatic heterocycles. The minimum absolute atomic E-state index is 0.00895. The zero-order valence-electron chi connectivity index (χ0n) is 14.5. The third kappa shape index (κ3) is 2.83. The van der Waals surface area contributed by atoms with Crippen molar-refractivity contribution in [3.63, 3.8) is 0 Å². The number of pyridine rings is 1. The van der Waals surface area contributed by atoms with Gasteiger partial charge in [0.2, 0.25) is 5.88 Å². The molecule has 0 aliphatic heterocycles. The summed E-state index contributed by atoms with van der Waals surface area (Å²) >= 11 is 0. The number of hydrogen-bond donors (Lipinski definition) is 2. The van der Waals surface area contributed by atoms with E-state index >= 15 is 0 Å². The monoisotopic (exact) mass is 386 g/mol. The lowest BCUT2D eigenvalue weighted by Crippen LogP contribution is -2.08. The quantitative estimate of drug-likeness (QED) is 0.513. The van der Waals surface area contributed by atoms with Gasteiger partial charge in [-0.3, -0.25) is 0 Å². The molecule has 0 fully saturated rings. The number of rotatable bonds is 3. The molecule has 0 bridgehead atoms. The van der Waals surface area contributed by atoms with Crippen molar-refractivity contribution in [2.45, 2.75) is 6.18 Å². The topological polar surface area (TPSA) is 75.2 Å². The van der Waals surface area contributed by atoms with E-state index in [1.807, 2.05) is 24.3 Å². The molecule has 0 atom stereocenters. The first-order valence-electron chi connectivity index (χ1n) is 8.20. The molecule has 0 spiro atoms. The summed E-state index contributed by atoms with van der Waals surface area (Å²) in [6.07, 6.45) is -4.55. The molecule has 0 radical (unpaired) electrons. The van der Waals surface area contributed by atoms with Crippen LogP contribution in [-0.2, 0) is 6.18 Å². The fourth-order valence-electron chi connectivity index (χ4n) is 3.25. The average Bonchev–Trinajstić information content (AvgIpc) is 3.08. The van der Waals surface area contributed by atoms with Crippen LogP contribution in [0.4, 0.5) is 13.2 Å². The number of halogens is 3. The van der Waals surface area contributed by atoms with Crippen molar-refractivity contribution >= 4 is 27.8 Å². The smallest absolute Gasteiger partial charge is 0.416 e. The number of para-hydroxylation sites is 1. The van der Waals surface area contributed by atoms with E-state index in [1.54, 1.807) is 6.07 Å². The number of fused-ring (bicyclic) bond motifs is 2. The molecule has 4 rings (SSSR count). The van der Waals surface area contributed by atoms with Gasteiger partial charge in [-0.05, 0) is 24.3 Å². The van der Waals surface area contributed by atoms with Crippen molar-refractivity contribution in [2.75, 3.05) is 7.11 Å². The molecule has 2 heterocycles. The number of H-pyrrole nitrogens is 1. The van der Waals surface area contributed by atoms with Crippen LogP contribution in [0.1, 0.15) is 15.9 Å². The molecule has 0 saturated carbocycles. The number of nitrogens with zero attached hydrogens (tertiary/aromatic N) is 1. The van der Waals surface area contributed by atoms with Crippen LogP contribution < -0.4 is 4.74 Å². The third-order valence-electron chi connectivity index (χ3n) is 4.49. The Morgan fingerprint density at radius 2 is 1.89 bits per heavy atom. The van der Waals surface area contributed by atoms with Gasteiger partial charge in [0.25, 0.3) is 0 Å². The zero-order chi connectivity index (χ0) is 20.1. The Bertz CT molecular complexity index is 1200. The maximum absolute atomic E-state index is 13.1. The van der Waals surface area contributed by atoms with Gasteiger partial charge in [-0.1, -0.05) is 24.3 Å². The number of benzene rings is 2. The van der Waals surface area contributed by atoms with E-state index in [-0.39, 0.29) is 27.9 Å². The predicted octanol–water partition coefficient (Wildman–Crippen LogP) is 5.11. The van der Waals surface area contributed by atoms with E-state index in [0.29, 0.717) is 5.69 Å². The number of carbonyl (C=O) groups is 1. The summed E-state index contributed by atoms with van der Waals surface area (Å²) in [6.45, 7) is 0. The summed E-state index contributed by atoms with van der Waals surface area (Å²) in [5.74, 6) is -1.55. The van der Waals surface area contributed by atoms with Crippen LogP contribution in [0.5, 0.6) is 5.88 Å². The van der Waals surface area contributed by atoms with Crippen LogP contribution >= 0.6 is 0 Å². The van der Waals surface area contributed by atoms with E-state index in [2.05, 4.69) is 9.97 Å². The summed E-state index contributed by atoms with van der Waals surface area (Å²) in [7, 11) is 1.23. The van der Waals surface area contributed by atoms with Crippen LogP contribution in [0.15, 0.2) is 48.5 Å². The Morgan fingerprint density at radius 1 is 1.14 bits per heavy atom. The van der Waals surface area contributed by atoms with Crippen molar-refractivity contribution in [1.29, 1.82) is 0 Å².